The first kappa shape index (κ1) is 43.1. The Bertz CT molecular complexity index is 4060. The lowest BCUT2D eigenvalue weighted by molar-refractivity contribution is 0.593. The van der Waals surface area contributed by atoms with Crippen LogP contribution in [0.3, 0.4) is 0 Å². The highest BCUT2D eigenvalue weighted by atomic mass is 16.3. The average Bonchev–Trinajstić information content (AvgIpc) is 3.79. The highest BCUT2D eigenvalue weighted by Crippen LogP contribution is 2.53. The molecule has 3 heteroatoms. The number of hydrogen-bond donors (Lipinski definition) is 0. The molecule has 72 heavy (non-hydrogen) atoms. The van der Waals surface area contributed by atoms with Crippen LogP contribution in [-0.4, -0.2) is 11.7 Å². The van der Waals surface area contributed by atoms with E-state index in [9.17, 15) is 0 Å². The molecule has 2 aliphatic carbocycles. The van der Waals surface area contributed by atoms with Gasteiger partial charge in [-0.15, -0.1) is 0 Å². The van der Waals surface area contributed by atoms with Gasteiger partial charge in [-0.3, -0.25) is 4.98 Å². The van der Waals surface area contributed by atoms with E-state index in [1.54, 1.807) is 0 Å². The topological polar surface area (TPSA) is 38.4 Å². The molecule has 0 radical (unpaired) electrons. The van der Waals surface area contributed by atoms with E-state index in [0.717, 1.165) is 44.5 Å². The Hall–Kier alpha value is -8.92. The van der Waals surface area contributed by atoms with E-state index in [2.05, 4.69) is 233 Å². The fourth-order valence-electron chi connectivity index (χ4n) is 11.8. The van der Waals surface area contributed by atoms with Crippen LogP contribution in [0.4, 0.5) is 5.88 Å². The molecule has 0 unspecified atom stereocenters. The molecule has 0 aliphatic heterocycles. The van der Waals surface area contributed by atoms with Crippen molar-refractivity contribution in [1.29, 1.82) is 0 Å². The Labute approximate surface area is 421 Å². The minimum Gasteiger partial charge on any atom is -0.437 e. The van der Waals surface area contributed by atoms with Crippen molar-refractivity contribution in [3.8, 4) is 123 Å². The van der Waals surface area contributed by atoms with E-state index >= 15 is 0 Å². The zero-order chi connectivity index (χ0) is 48.7. The lowest BCUT2D eigenvalue weighted by atomic mass is 9.75. The Morgan fingerprint density at radius 3 is 1.29 bits per heavy atom. The molecule has 0 fully saturated rings. The first-order valence-electron chi connectivity index (χ1n) is 24.8. The minimum atomic E-state index is -0.208. The van der Waals surface area contributed by atoms with Gasteiger partial charge in [0.2, 0.25) is 5.88 Å². The van der Waals surface area contributed by atoms with Gasteiger partial charge in [0.05, 0.1) is 5.69 Å². The average molecular weight is 923 g/mol. The molecule has 9 aromatic carbocycles. The van der Waals surface area contributed by atoms with Crippen LogP contribution >= 0.6 is 0 Å². The maximum atomic E-state index is 6.46. The molecule has 0 amide bonds. The van der Waals surface area contributed by atoms with Crippen LogP contribution in [0.1, 0.15) is 38.8 Å². The molecule has 0 spiro atoms. The van der Waals surface area contributed by atoms with Gasteiger partial charge in [0.25, 0.3) is 0 Å². The fraction of sp³-hybridized carbons (Fsp3) is 0.0725. The van der Waals surface area contributed by atoms with Gasteiger partial charge in [0, 0.05) is 33.8 Å². The third-order valence-electron chi connectivity index (χ3n) is 14.8. The van der Waals surface area contributed by atoms with Gasteiger partial charge in [0.1, 0.15) is 5.58 Å². The largest absolute Gasteiger partial charge is 0.437 e. The molecule has 2 heterocycles. The number of rotatable bonds is 5. The molecule has 2 aromatic heterocycles. The minimum absolute atomic E-state index is 0.208. The SMILES string of the molecule is C=Nc1oc2c(-c3ccc4c(c3)-c3ccccc3-c3ccccc3-c3cc(-c5cccc(-c6ccc7c(c6)-c6ccccc6-c6ccccc6-c6ncccc6-7)c5C(C)(C)C)ccc3-4)cccc2c1/C=C\C. The first-order valence-corrected chi connectivity index (χ1v) is 24.8. The fourth-order valence-corrected chi connectivity index (χ4v) is 11.8. The summed E-state index contributed by atoms with van der Waals surface area (Å²) >= 11 is 0. The van der Waals surface area contributed by atoms with E-state index in [4.69, 9.17) is 9.40 Å². The molecule has 13 rings (SSSR count). The number of furan rings is 1. The second-order valence-corrected chi connectivity index (χ2v) is 20.0. The summed E-state index contributed by atoms with van der Waals surface area (Å²) in [6.07, 6.45) is 5.98. The number of benzene rings is 9. The van der Waals surface area contributed by atoms with Crippen LogP contribution in [0.25, 0.3) is 140 Å². The Balaban J connectivity index is 1.00. The summed E-state index contributed by atoms with van der Waals surface area (Å²) in [5, 5.41) is 1.02. The summed E-state index contributed by atoms with van der Waals surface area (Å²) in [6, 6.07) is 74.0. The van der Waals surface area contributed by atoms with Crippen LogP contribution in [0, 0.1) is 0 Å². The van der Waals surface area contributed by atoms with Gasteiger partial charge in [-0.05, 0) is 149 Å². The molecule has 0 saturated heterocycles. The van der Waals surface area contributed by atoms with E-state index in [-0.39, 0.29) is 5.41 Å². The smallest absolute Gasteiger partial charge is 0.226 e. The molecule has 3 nitrogen and oxygen atoms in total. The van der Waals surface area contributed by atoms with Crippen molar-refractivity contribution in [1.82, 2.24) is 4.98 Å². The standard InChI is InChI=1S/C69H50N2O/c1-6-18-61-60-30-16-29-47(67(60)72-68(61)70-5)44-34-36-56-55-35-32-42(39-62(55)52-23-10-7-19-48(52)49-20-8-11-24-53(49)63(56)41-44)45-27-15-28-46(65(45)69(2,3)4)43-33-37-57-59-31-17-38-71-66(59)58-26-14-13-22-51(58)50-21-9-12-25-54(50)64(57)40-43/h6-41H,5H2,1-4H3/b18-6-,49-48?,51-50?,56-55?,59-57?,62-52?,63-53?,64-54?,66-58?. The van der Waals surface area contributed by atoms with Crippen molar-refractivity contribution in [3.05, 3.63) is 224 Å². The van der Waals surface area contributed by atoms with Crippen LogP contribution in [0.2, 0.25) is 0 Å². The molecule has 2 aliphatic rings. The number of nitrogens with zero attached hydrogens (tertiary/aromatic N) is 2. The number of hydrogen-bond acceptors (Lipinski definition) is 3. The number of allylic oxidation sites excluding steroid dienone is 1. The van der Waals surface area contributed by atoms with Crippen LogP contribution in [0.15, 0.2) is 222 Å². The third-order valence-corrected chi connectivity index (χ3v) is 14.8. The molecule has 0 saturated carbocycles. The highest BCUT2D eigenvalue weighted by molar-refractivity contribution is 6.07. The quantitative estimate of drug-likeness (QED) is 0.161. The van der Waals surface area contributed by atoms with Gasteiger partial charge >= 0.3 is 0 Å². The number of pyridine rings is 1. The normalized spacial score (nSPS) is 12.2. The lowest BCUT2D eigenvalue weighted by Gasteiger charge is -2.29. The summed E-state index contributed by atoms with van der Waals surface area (Å²) in [5.41, 5.74) is 28.6. The van der Waals surface area contributed by atoms with Crippen molar-refractivity contribution in [2.45, 2.75) is 33.1 Å². The van der Waals surface area contributed by atoms with Crippen LogP contribution in [-0.2, 0) is 5.41 Å². The molecule has 11 aromatic rings. The van der Waals surface area contributed by atoms with Crippen molar-refractivity contribution in [2.24, 2.45) is 4.99 Å². The van der Waals surface area contributed by atoms with E-state index in [1.807, 2.05) is 25.3 Å². The summed E-state index contributed by atoms with van der Waals surface area (Å²) in [7, 11) is 0. The maximum absolute atomic E-state index is 6.46. The number of aliphatic imine (C=N–C) groups is 1. The zero-order valence-corrected chi connectivity index (χ0v) is 40.8. The van der Waals surface area contributed by atoms with Gasteiger partial charge in [-0.2, -0.15) is 0 Å². The Morgan fingerprint density at radius 2 is 0.806 bits per heavy atom. The first-order chi connectivity index (χ1) is 35.3. The van der Waals surface area contributed by atoms with Gasteiger partial charge in [0.15, 0.2) is 0 Å². The van der Waals surface area contributed by atoms with Crippen molar-refractivity contribution in [2.75, 3.05) is 0 Å². The molecule has 0 atom stereocenters. The Kier molecular flexibility index (Phi) is 10.1. The van der Waals surface area contributed by atoms with E-state index < -0.39 is 0 Å². The number of fused-ring (bicyclic) bond motifs is 17. The van der Waals surface area contributed by atoms with E-state index in [1.165, 1.54) is 100 Å². The summed E-state index contributed by atoms with van der Waals surface area (Å²) in [6.45, 7) is 12.9. The van der Waals surface area contributed by atoms with Crippen molar-refractivity contribution < 1.29 is 4.42 Å². The molecule has 0 N–H and O–H groups in total. The summed E-state index contributed by atoms with van der Waals surface area (Å²) in [5.74, 6) is 0.531. The van der Waals surface area contributed by atoms with Crippen molar-refractivity contribution in [3.63, 3.8) is 0 Å². The van der Waals surface area contributed by atoms with Gasteiger partial charge < -0.3 is 4.42 Å². The monoisotopic (exact) mass is 922 g/mol. The van der Waals surface area contributed by atoms with Crippen LogP contribution < -0.4 is 0 Å². The molecular formula is C69H50N2O. The summed E-state index contributed by atoms with van der Waals surface area (Å²) in [4.78, 5) is 9.28. The van der Waals surface area contributed by atoms with E-state index in [0.29, 0.717) is 5.88 Å². The number of para-hydroxylation sites is 1. The summed E-state index contributed by atoms with van der Waals surface area (Å²) < 4.78 is 6.46. The Morgan fingerprint density at radius 1 is 0.417 bits per heavy atom. The third kappa shape index (κ3) is 6.80. The second-order valence-electron chi connectivity index (χ2n) is 20.0. The predicted molar refractivity (Wildman–Crippen MR) is 304 cm³/mol. The molecule has 0 bridgehead atoms. The van der Waals surface area contributed by atoms with Gasteiger partial charge in [-0.25, -0.2) is 4.99 Å². The molecular weight excluding hydrogens is 873 g/mol. The van der Waals surface area contributed by atoms with Crippen LogP contribution in [0.5, 0.6) is 0 Å². The van der Waals surface area contributed by atoms with Crippen molar-refractivity contribution >= 4 is 29.6 Å². The molecule has 342 valence electrons. The van der Waals surface area contributed by atoms with Gasteiger partial charge in [-0.1, -0.05) is 209 Å². The lowest BCUT2D eigenvalue weighted by Crippen LogP contribution is -2.15. The number of aromatic nitrogens is 1. The predicted octanol–water partition coefficient (Wildman–Crippen LogP) is 19.5. The maximum Gasteiger partial charge on any atom is 0.226 e. The highest BCUT2D eigenvalue weighted by Gasteiger charge is 2.29. The second kappa shape index (κ2) is 16.9. The zero-order valence-electron chi connectivity index (χ0n) is 40.8.